The smallest absolute Gasteiger partial charge is 0.348 e. The van der Waals surface area contributed by atoms with Crippen molar-refractivity contribution in [1.82, 2.24) is 0 Å². The monoisotopic (exact) mass is 475 g/mol. The summed E-state index contributed by atoms with van der Waals surface area (Å²) >= 11 is 0.939. The fraction of sp³-hybridized carbons (Fsp3) is 0.440. The molecule has 5 nitrogen and oxygen atoms in total. The first-order valence-corrected chi connectivity index (χ1v) is 11.6. The number of carbonyl (C=O) groups excluding carboxylic acids is 1. The van der Waals surface area contributed by atoms with Gasteiger partial charge in [0, 0.05) is 11.5 Å². The summed E-state index contributed by atoms with van der Waals surface area (Å²) in [6, 6.07) is 3.59. The van der Waals surface area contributed by atoms with E-state index in [-0.39, 0.29) is 21.5 Å². The fourth-order valence-electron chi connectivity index (χ4n) is 3.75. The molecule has 0 aliphatic heterocycles. The molecule has 1 aromatic heterocycles. The molecule has 2 aromatic rings. The van der Waals surface area contributed by atoms with E-state index in [1.54, 1.807) is 0 Å². The topological polar surface area (TPSA) is 77.8 Å². The normalized spacial score (nSPS) is 18.4. The number of aryl methyl sites for hydroxylation is 1. The van der Waals surface area contributed by atoms with Crippen molar-refractivity contribution in [3.63, 3.8) is 0 Å². The first-order valence-electron chi connectivity index (χ1n) is 10.8. The average molecular weight is 476 g/mol. The van der Waals surface area contributed by atoms with Crippen molar-refractivity contribution in [3.05, 3.63) is 50.7 Å². The first-order chi connectivity index (χ1) is 15.4. The third-order valence-corrected chi connectivity index (χ3v) is 6.51. The summed E-state index contributed by atoms with van der Waals surface area (Å²) in [5.74, 6) is 1.59. The molecule has 33 heavy (non-hydrogen) atoms. The first kappa shape index (κ1) is 24.9. The van der Waals surface area contributed by atoms with Crippen LogP contribution in [-0.4, -0.2) is 34.2 Å². The highest BCUT2D eigenvalue weighted by atomic mass is 32.1. The van der Waals surface area contributed by atoms with Crippen molar-refractivity contribution >= 4 is 28.9 Å². The predicted molar refractivity (Wildman–Crippen MR) is 124 cm³/mol. The number of carbonyl (C=O) groups is 2. The van der Waals surface area contributed by atoms with Crippen molar-refractivity contribution in [2.45, 2.75) is 65.5 Å². The minimum Gasteiger partial charge on any atom is -0.477 e. The number of aliphatic hydroxyl groups excluding tert-OH is 1. The standard InChI is InChI=1S/C25H27F2NO4S/c1-14-5-10-18(21(27)20(14)26)23(30)28(15-6-8-16(29)9-7-15)19-13-17(11-12-25(2,3)4)33-22(19)24(31)32/h5,10,13,15-16,29H,6-9H2,1-4H3,(H,31,32)/t15-,16-. The molecule has 1 aliphatic rings. The molecule has 1 aromatic carbocycles. The number of aliphatic hydroxyl groups is 1. The van der Waals surface area contributed by atoms with E-state index in [1.807, 2.05) is 20.8 Å². The zero-order valence-corrected chi connectivity index (χ0v) is 19.9. The summed E-state index contributed by atoms with van der Waals surface area (Å²) in [5.41, 5.74) is -0.602. The molecule has 1 aliphatic carbocycles. The number of rotatable bonds is 4. The second kappa shape index (κ2) is 9.62. The fourth-order valence-corrected chi connectivity index (χ4v) is 4.60. The Labute approximate surface area is 196 Å². The van der Waals surface area contributed by atoms with Gasteiger partial charge in [-0.2, -0.15) is 0 Å². The number of halogens is 2. The molecule has 0 unspecified atom stereocenters. The van der Waals surface area contributed by atoms with Gasteiger partial charge >= 0.3 is 5.97 Å². The lowest BCUT2D eigenvalue weighted by molar-refractivity contribution is 0.0702. The van der Waals surface area contributed by atoms with Crippen LogP contribution >= 0.6 is 11.3 Å². The van der Waals surface area contributed by atoms with Crippen LogP contribution in [0, 0.1) is 35.8 Å². The molecule has 3 rings (SSSR count). The Balaban J connectivity index is 2.15. The van der Waals surface area contributed by atoms with Gasteiger partial charge in [-0.3, -0.25) is 4.79 Å². The Morgan fingerprint density at radius 2 is 1.76 bits per heavy atom. The second-order valence-electron chi connectivity index (χ2n) is 9.33. The molecule has 0 radical (unpaired) electrons. The van der Waals surface area contributed by atoms with Crippen LogP contribution in [0.1, 0.15) is 76.9 Å². The van der Waals surface area contributed by atoms with Gasteiger partial charge in [0.2, 0.25) is 0 Å². The number of benzene rings is 1. The average Bonchev–Trinajstić information content (AvgIpc) is 3.16. The van der Waals surface area contributed by atoms with Gasteiger partial charge in [-0.05, 0) is 71.1 Å². The van der Waals surface area contributed by atoms with Crippen LogP contribution in [0.15, 0.2) is 18.2 Å². The van der Waals surface area contributed by atoms with Gasteiger partial charge < -0.3 is 15.1 Å². The Hall–Kier alpha value is -2.76. The highest BCUT2D eigenvalue weighted by Crippen LogP contribution is 2.37. The van der Waals surface area contributed by atoms with Gasteiger partial charge in [0.1, 0.15) is 4.88 Å². The molecule has 0 atom stereocenters. The van der Waals surface area contributed by atoms with Gasteiger partial charge in [-0.1, -0.05) is 17.9 Å². The SMILES string of the molecule is Cc1ccc(C(=O)N(c2cc(C#CC(C)(C)C)sc2C(=O)O)[C@H]2CC[C@H](O)CC2)c(F)c1F. The van der Waals surface area contributed by atoms with E-state index in [1.165, 1.54) is 30.0 Å². The van der Waals surface area contributed by atoms with Crippen LogP contribution in [0.5, 0.6) is 0 Å². The largest absolute Gasteiger partial charge is 0.477 e. The van der Waals surface area contributed by atoms with E-state index in [9.17, 15) is 28.6 Å². The summed E-state index contributed by atoms with van der Waals surface area (Å²) in [6.45, 7) is 7.16. The third-order valence-electron chi connectivity index (χ3n) is 5.48. The van der Waals surface area contributed by atoms with E-state index in [0.29, 0.717) is 30.6 Å². The summed E-state index contributed by atoms with van der Waals surface area (Å²) in [6.07, 6.45) is 1.13. The van der Waals surface area contributed by atoms with Crippen LogP contribution in [0.4, 0.5) is 14.5 Å². The highest BCUT2D eigenvalue weighted by Gasteiger charge is 2.35. The maximum Gasteiger partial charge on any atom is 0.348 e. The second-order valence-corrected chi connectivity index (χ2v) is 10.4. The zero-order chi connectivity index (χ0) is 24.5. The lowest BCUT2D eigenvalue weighted by Gasteiger charge is -2.35. The highest BCUT2D eigenvalue weighted by molar-refractivity contribution is 7.15. The van der Waals surface area contributed by atoms with Crippen molar-refractivity contribution in [1.29, 1.82) is 0 Å². The molecule has 1 heterocycles. The molecule has 1 fully saturated rings. The Morgan fingerprint density at radius 1 is 1.12 bits per heavy atom. The Bertz CT molecular complexity index is 1130. The van der Waals surface area contributed by atoms with E-state index >= 15 is 0 Å². The molecule has 8 heteroatoms. The number of carboxylic acid groups (broad SMARTS) is 1. The number of hydrogen-bond acceptors (Lipinski definition) is 4. The van der Waals surface area contributed by atoms with Crippen molar-refractivity contribution in [3.8, 4) is 11.8 Å². The lowest BCUT2D eigenvalue weighted by Crippen LogP contribution is -2.44. The predicted octanol–water partition coefficient (Wildman–Crippen LogP) is 5.38. The van der Waals surface area contributed by atoms with Crippen LogP contribution < -0.4 is 4.90 Å². The van der Waals surface area contributed by atoms with Crippen LogP contribution in [-0.2, 0) is 0 Å². The summed E-state index contributed by atoms with van der Waals surface area (Å²) < 4.78 is 29.0. The van der Waals surface area contributed by atoms with Gasteiger partial charge in [-0.25, -0.2) is 13.6 Å². The number of thiophene rings is 1. The quantitative estimate of drug-likeness (QED) is 0.582. The molecule has 0 bridgehead atoms. The molecule has 2 N–H and O–H groups in total. The van der Waals surface area contributed by atoms with Crippen LogP contribution in [0.2, 0.25) is 0 Å². The van der Waals surface area contributed by atoms with Crippen LogP contribution in [0.3, 0.4) is 0 Å². The lowest BCUT2D eigenvalue weighted by atomic mass is 9.91. The van der Waals surface area contributed by atoms with Crippen LogP contribution in [0.25, 0.3) is 0 Å². The molecular weight excluding hydrogens is 448 g/mol. The maximum atomic E-state index is 14.7. The maximum absolute atomic E-state index is 14.7. The Morgan fingerprint density at radius 3 is 2.33 bits per heavy atom. The molecule has 0 saturated heterocycles. The van der Waals surface area contributed by atoms with Crippen molar-refractivity contribution < 1.29 is 28.6 Å². The van der Waals surface area contributed by atoms with Gasteiger partial charge in [-0.15, -0.1) is 11.3 Å². The number of aromatic carboxylic acids is 1. The summed E-state index contributed by atoms with van der Waals surface area (Å²) in [7, 11) is 0. The number of nitrogens with zero attached hydrogens (tertiary/aromatic N) is 1. The van der Waals surface area contributed by atoms with Crippen molar-refractivity contribution in [2.24, 2.45) is 5.41 Å². The van der Waals surface area contributed by atoms with Crippen molar-refractivity contribution in [2.75, 3.05) is 4.90 Å². The summed E-state index contributed by atoms with van der Waals surface area (Å²) in [4.78, 5) is 27.2. The van der Waals surface area contributed by atoms with E-state index in [2.05, 4.69) is 11.8 Å². The molecule has 1 amide bonds. The van der Waals surface area contributed by atoms with E-state index in [4.69, 9.17) is 0 Å². The molecule has 1 saturated carbocycles. The number of amides is 1. The minimum absolute atomic E-state index is 0.0675. The van der Waals surface area contributed by atoms with E-state index < -0.39 is 41.2 Å². The Kier molecular flexibility index (Phi) is 7.25. The molecule has 0 spiro atoms. The summed E-state index contributed by atoms with van der Waals surface area (Å²) in [5, 5.41) is 19.7. The number of hydrogen-bond donors (Lipinski definition) is 2. The number of carboxylic acids is 1. The van der Waals surface area contributed by atoms with E-state index in [0.717, 1.165) is 11.3 Å². The van der Waals surface area contributed by atoms with Gasteiger partial charge in [0.25, 0.3) is 5.91 Å². The zero-order valence-electron chi connectivity index (χ0n) is 19.0. The van der Waals surface area contributed by atoms with Gasteiger partial charge in [0.05, 0.1) is 22.2 Å². The number of anilines is 1. The third kappa shape index (κ3) is 5.60. The molecular formula is C25H27F2NO4S. The van der Waals surface area contributed by atoms with Gasteiger partial charge in [0.15, 0.2) is 11.6 Å². The minimum atomic E-state index is -1.26. The molecule has 176 valence electrons.